The number of hydrogen-bond acceptors (Lipinski definition) is 3. The van der Waals surface area contributed by atoms with Crippen molar-refractivity contribution in [3.63, 3.8) is 0 Å². The van der Waals surface area contributed by atoms with Crippen molar-refractivity contribution >= 4 is 17.6 Å². The van der Waals surface area contributed by atoms with Crippen LogP contribution in [-0.2, 0) is 16.0 Å². The lowest BCUT2D eigenvalue weighted by Gasteiger charge is -2.08. The Labute approximate surface area is 130 Å². The van der Waals surface area contributed by atoms with Crippen LogP contribution in [0.15, 0.2) is 42.5 Å². The Balaban J connectivity index is 1.99. The van der Waals surface area contributed by atoms with Gasteiger partial charge in [0, 0.05) is 5.69 Å². The predicted molar refractivity (Wildman–Crippen MR) is 86.0 cm³/mol. The summed E-state index contributed by atoms with van der Waals surface area (Å²) in [7, 11) is 1.33. The maximum absolute atomic E-state index is 12.1. The second-order valence-corrected chi connectivity index (χ2v) is 5.21. The van der Waals surface area contributed by atoms with Gasteiger partial charge in [-0.2, -0.15) is 0 Å². The number of carbonyl (C=O) groups excluding carboxylic acids is 2. The summed E-state index contributed by atoms with van der Waals surface area (Å²) < 4.78 is 4.63. The third-order valence-electron chi connectivity index (χ3n) is 3.53. The van der Waals surface area contributed by atoms with Gasteiger partial charge in [0.15, 0.2) is 0 Å². The lowest BCUT2D eigenvalue weighted by atomic mass is 10.0. The summed E-state index contributed by atoms with van der Waals surface area (Å²) in [4.78, 5) is 23.4. The van der Waals surface area contributed by atoms with Crippen molar-refractivity contribution in [3.05, 3.63) is 64.7 Å². The molecule has 0 radical (unpaired) electrons. The normalized spacial score (nSPS) is 10.1. The molecule has 114 valence electrons. The lowest BCUT2D eigenvalue weighted by molar-refractivity contribution is -0.115. The number of carbonyl (C=O) groups is 2. The minimum atomic E-state index is -0.395. The SMILES string of the molecule is COC(=O)c1ccc(NC(=O)Cc2ccc(C)c(C)c2)cc1. The predicted octanol–water partition coefficient (Wildman–Crippen LogP) is 3.27. The molecule has 0 atom stereocenters. The van der Waals surface area contributed by atoms with Crippen LogP contribution in [0, 0.1) is 13.8 Å². The third kappa shape index (κ3) is 3.95. The number of ether oxygens (including phenoxy) is 1. The topological polar surface area (TPSA) is 55.4 Å². The van der Waals surface area contributed by atoms with Gasteiger partial charge in [-0.25, -0.2) is 4.79 Å². The summed E-state index contributed by atoms with van der Waals surface area (Å²) >= 11 is 0. The summed E-state index contributed by atoms with van der Waals surface area (Å²) in [6.07, 6.45) is 0.319. The van der Waals surface area contributed by atoms with Gasteiger partial charge in [0.1, 0.15) is 0 Å². The lowest BCUT2D eigenvalue weighted by Crippen LogP contribution is -2.14. The first kappa shape index (κ1) is 15.8. The number of nitrogens with one attached hydrogen (secondary N) is 1. The Morgan fingerprint density at radius 2 is 1.68 bits per heavy atom. The summed E-state index contributed by atoms with van der Waals surface area (Å²) in [6, 6.07) is 12.6. The average Bonchev–Trinajstić information content (AvgIpc) is 2.51. The molecule has 0 unspecified atom stereocenters. The molecule has 0 saturated carbocycles. The van der Waals surface area contributed by atoms with Crippen molar-refractivity contribution in [2.75, 3.05) is 12.4 Å². The maximum atomic E-state index is 12.1. The van der Waals surface area contributed by atoms with Crippen LogP contribution in [0.5, 0.6) is 0 Å². The van der Waals surface area contributed by atoms with Crippen molar-refractivity contribution in [3.8, 4) is 0 Å². The van der Waals surface area contributed by atoms with Crippen molar-refractivity contribution < 1.29 is 14.3 Å². The van der Waals surface area contributed by atoms with Gasteiger partial charge >= 0.3 is 5.97 Å². The standard InChI is InChI=1S/C18H19NO3/c1-12-4-5-14(10-13(12)2)11-17(20)19-16-8-6-15(7-9-16)18(21)22-3/h4-10H,11H2,1-3H3,(H,19,20). The van der Waals surface area contributed by atoms with Gasteiger partial charge in [-0.1, -0.05) is 18.2 Å². The first-order valence-corrected chi connectivity index (χ1v) is 7.04. The molecule has 4 heteroatoms. The summed E-state index contributed by atoms with van der Waals surface area (Å²) in [5.41, 5.74) is 4.47. The van der Waals surface area contributed by atoms with Crippen LogP contribution >= 0.6 is 0 Å². The third-order valence-corrected chi connectivity index (χ3v) is 3.53. The summed E-state index contributed by atoms with van der Waals surface area (Å²) in [6.45, 7) is 4.07. The van der Waals surface area contributed by atoms with Crippen LogP contribution in [0.3, 0.4) is 0 Å². The number of hydrogen-bond donors (Lipinski definition) is 1. The van der Waals surface area contributed by atoms with E-state index in [-0.39, 0.29) is 5.91 Å². The highest BCUT2D eigenvalue weighted by Crippen LogP contribution is 2.13. The van der Waals surface area contributed by atoms with Crippen molar-refractivity contribution in [1.82, 2.24) is 0 Å². The molecule has 2 rings (SSSR count). The van der Waals surface area contributed by atoms with E-state index < -0.39 is 5.97 Å². The van der Waals surface area contributed by atoms with Gasteiger partial charge in [-0.3, -0.25) is 4.79 Å². The molecule has 0 spiro atoms. The Hall–Kier alpha value is -2.62. The molecule has 0 aliphatic heterocycles. The number of amides is 1. The van der Waals surface area contributed by atoms with E-state index in [1.807, 2.05) is 32.0 Å². The fourth-order valence-electron chi connectivity index (χ4n) is 2.11. The molecule has 2 aromatic rings. The molecule has 0 aliphatic rings. The minimum absolute atomic E-state index is 0.0888. The zero-order chi connectivity index (χ0) is 16.1. The molecule has 2 aromatic carbocycles. The van der Waals surface area contributed by atoms with Gasteiger partial charge in [0.05, 0.1) is 19.1 Å². The Kier molecular flexibility index (Phi) is 4.94. The molecule has 0 aromatic heterocycles. The highest BCUT2D eigenvalue weighted by atomic mass is 16.5. The van der Waals surface area contributed by atoms with Crippen molar-refractivity contribution in [2.24, 2.45) is 0 Å². The molecular weight excluding hydrogens is 278 g/mol. The number of aryl methyl sites for hydroxylation is 2. The van der Waals surface area contributed by atoms with Gasteiger partial charge < -0.3 is 10.1 Å². The fraction of sp³-hybridized carbons (Fsp3) is 0.222. The average molecular weight is 297 g/mol. The van der Waals surface area contributed by atoms with E-state index in [0.29, 0.717) is 17.7 Å². The second kappa shape index (κ2) is 6.89. The molecule has 4 nitrogen and oxygen atoms in total. The first-order chi connectivity index (χ1) is 10.5. The largest absolute Gasteiger partial charge is 0.465 e. The quantitative estimate of drug-likeness (QED) is 0.881. The number of esters is 1. The summed E-state index contributed by atoms with van der Waals surface area (Å²) in [5, 5.41) is 2.82. The Morgan fingerprint density at radius 1 is 1.00 bits per heavy atom. The van der Waals surface area contributed by atoms with E-state index in [9.17, 15) is 9.59 Å². The molecule has 0 aliphatic carbocycles. The van der Waals surface area contributed by atoms with E-state index in [2.05, 4.69) is 10.1 Å². The molecule has 0 fully saturated rings. The van der Waals surface area contributed by atoms with Gasteiger partial charge in [0.25, 0.3) is 0 Å². The van der Waals surface area contributed by atoms with Gasteiger partial charge in [-0.05, 0) is 54.8 Å². The van der Waals surface area contributed by atoms with Crippen molar-refractivity contribution in [1.29, 1.82) is 0 Å². The van der Waals surface area contributed by atoms with Crippen LogP contribution in [0.2, 0.25) is 0 Å². The van der Waals surface area contributed by atoms with Crippen LogP contribution in [0.1, 0.15) is 27.0 Å². The van der Waals surface area contributed by atoms with Crippen molar-refractivity contribution in [2.45, 2.75) is 20.3 Å². The number of anilines is 1. The van der Waals surface area contributed by atoms with Crippen LogP contribution in [-0.4, -0.2) is 19.0 Å². The van der Waals surface area contributed by atoms with Gasteiger partial charge in [-0.15, -0.1) is 0 Å². The molecule has 0 saturated heterocycles. The van der Waals surface area contributed by atoms with Crippen LogP contribution < -0.4 is 5.32 Å². The number of rotatable bonds is 4. The first-order valence-electron chi connectivity index (χ1n) is 7.04. The van der Waals surface area contributed by atoms with Crippen LogP contribution in [0.4, 0.5) is 5.69 Å². The number of benzene rings is 2. The molecule has 1 N–H and O–H groups in total. The Morgan fingerprint density at radius 3 is 2.27 bits per heavy atom. The van der Waals surface area contributed by atoms with E-state index >= 15 is 0 Å². The molecule has 22 heavy (non-hydrogen) atoms. The second-order valence-electron chi connectivity index (χ2n) is 5.21. The fourth-order valence-corrected chi connectivity index (χ4v) is 2.11. The highest BCUT2D eigenvalue weighted by Gasteiger charge is 2.07. The maximum Gasteiger partial charge on any atom is 0.337 e. The van der Waals surface area contributed by atoms with E-state index in [4.69, 9.17) is 0 Å². The highest BCUT2D eigenvalue weighted by molar-refractivity contribution is 5.94. The number of methoxy groups -OCH3 is 1. The monoisotopic (exact) mass is 297 g/mol. The van der Waals surface area contributed by atoms with E-state index in [0.717, 1.165) is 5.56 Å². The molecular formula is C18H19NO3. The van der Waals surface area contributed by atoms with Gasteiger partial charge in [0.2, 0.25) is 5.91 Å². The molecule has 0 bridgehead atoms. The van der Waals surface area contributed by atoms with Crippen LogP contribution in [0.25, 0.3) is 0 Å². The smallest absolute Gasteiger partial charge is 0.337 e. The van der Waals surface area contributed by atoms with E-state index in [1.165, 1.54) is 18.2 Å². The molecule has 0 heterocycles. The Bertz CT molecular complexity index is 690. The molecule has 1 amide bonds. The zero-order valence-electron chi connectivity index (χ0n) is 13.0. The minimum Gasteiger partial charge on any atom is -0.465 e. The zero-order valence-corrected chi connectivity index (χ0v) is 13.0. The van der Waals surface area contributed by atoms with E-state index in [1.54, 1.807) is 24.3 Å². The summed E-state index contributed by atoms with van der Waals surface area (Å²) in [5.74, 6) is -0.484.